The molecule has 2 saturated carbocycles. The molecule has 2 fully saturated rings. The van der Waals surface area contributed by atoms with Gasteiger partial charge in [-0.1, -0.05) is 111 Å². The van der Waals surface area contributed by atoms with E-state index in [2.05, 4.69) is 84.3 Å². The maximum Gasteiger partial charge on any atom is 0.0403 e. The van der Waals surface area contributed by atoms with Gasteiger partial charge in [0.25, 0.3) is 0 Å². The molecule has 6 rings (SSSR count). The minimum absolute atomic E-state index is 0.536. The molecular weight excluding hydrogens is 408 g/mol. The lowest BCUT2D eigenvalue weighted by Crippen LogP contribution is -2.03. The quantitative estimate of drug-likeness (QED) is 0.189. The van der Waals surface area contributed by atoms with E-state index in [1.54, 1.807) is 0 Å². The Morgan fingerprint density at radius 1 is 0.471 bits per heavy atom. The molecular formula is C34H32. The number of hydrogen-bond acceptors (Lipinski definition) is 0. The topological polar surface area (TPSA) is 0 Å². The second-order valence-electron chi connectivity index (χ2n) is 10.2. The van der Waals surface area contributed by atoms with E-state index in [0.717, 1.165) is 0 Å². The molecule has 0 aliphatic heterocycles. The van der Waals surface area contributed by atoms with E-state index in [0.29, 0.717) is 11.8 Å². The number of benzene rings is 4. The number of rotatable bonds is 0. The van der Waals surface area contributed by atoms with E-state index in [-0.39, 0.29) is 0 Å². The summed E-state index contributed by atoms with van der Waals surface area (Å²) in [6, 6.07) is 22.2. The molecule has 0 amide bonds. The molecule has 0 unspecified atom stereocenters. The highest BCUT2D eigenvalue weighted by molar-refractivity contribution is 6.13. The van der Waals surface area contributed by atoms with Crippen molar-refractivity contribution in [1.29, 1.82) is 0 Å². The Bertz CT molecular complexity index is 1360. The minimum Gasteiger partial charge on any atom is -0.0944 e. The van der Waals surface area contributed by atoms with Gasteiger partial charge >= 0.3 is 0 Å². The van der Waals surface area contributed by atoms with Gasteiger partial charge in [0.05, 0.1) is 0 Å². The van der Waals surface area contributed by atoms with Crippen LogP contribution in [0.2, 0.25) is 0 Å². The highest BCUT2D eigenvalue weighted by Gasteiger charge is 2.15. The van der Waals surface area contributed by atoms with Crippen molar-refractivity contribution in [1.82, 2.24) is 0 Å². The molecule has 34 heavy (non-hydrogen) atoms. The summed E-state index contributed by atoms with van der Waals surface area (Å²) in [7, 11) is 0. The molecule has 0 radical (unpaired) electrons. The summed E-state index contributed by atoms with van der Waals surface area (Å²) in [5, 5.41) is 7.57. The SMILES string of the molecule is C(#CC1CCCCC1)c1c2ccccc2c(C#CC2CCCCC2)c2cc3ccccc3cc12. The van der Waals surface area contributed by atoms with E-state index in [9.17, 15) is 0 Å². The monoisotopic (exact) mass is 440 g/mol. The summed E-state index contributed by atoms with van der Waals surface area (Å²) in [6.07, 6.45) is 13.0. The van der Waals surface area contributed by atoms with Gasteiger partial charge in [0.1, 0.15) is 0 Å². The van der Waals surface area contributed by atoms with Gasteiger partial charge in [0.15, 0.2) is 0 Å². The lowest BCUT2D eigenvalue weighted by Gasteiger charge is -2.17. The Labute approximate surface area is 203 Å². The van der Waals surface area contributed by atoms with Gasteiger partial charge in [-0.25, -0.2) is 0 Å². The first-order valence-corrected chi connectivity index (χ1v) is 13.3. The van der Waals surface area contributed by atoms with Crippen LogP contribution in [0.3, 0.4) is 0 Å². The van der Waals surface area contributed by atoms with Crippen LogP contribution in [0.1, 0.15) is 75.3 Å². The van der Waals surface area contributed by atoms with Gasteiger partial charge in [-0.3, -0.25) is 0 Å². The van der Waals surface area contributed by atoms with E-state index in [1.807, 2.05) is 0 Å². The summed E-state index contributed by atoms with van der Waals surface area (Å²) < 4.78 is 0. The second kappa shape index (κ2) is 9.57. The van der Waals surface area contributed by atoms with Crippen molar-refractivity contribution >= 4 is 32.3 Å². The van der Waals surface area contributed by atoms with Crippen LogP contribution in [-0.4, -0.2) is 0 Å². The summed E-state index contributed by atoms with van der Waals surface area (Å²) >= 11 is 0. The summed E-state index contributed by atoms with van der Waals surface area (Å²) in [5.74, 6) is 15.8. The molecule has 2 aliphatic rings. The third-order valence-corrected chi connectivity index (χ3v) is 7.90. The molecule has 0 N–H and O–H groups in total. The first-order valence-electron chi connectivity index (χ1n) is 13.3. The van der Waals surface area contributed by atoms with Crippen molar-refractivity contribution in [2.45, 2.75) is 64.2 Å². The van der Waals surface area contributed by atoms with E-state index in [1.165, 1.54) is 108 Å². The van der Waals surface area contributed by atoms with Crippen LogP contribution in [0.4, 0.5) is 0 Å². The molecule has 0 saturated heterocycles. The van der Waals surface area contributed by atoms with E-state index >= 15 is 0 Å². The molecule has 4 aromatic carbocycles. The van der Waals surface area contributed by atoms with Crippen molar-refractivity contribution in [2.24, 2.45) is 11.8 Å². The van der Waals surface area contributed by atoms with Crippen LogP contribution in [-0.2, 0) is 0 Å². The smallest absolute Gasteiger partial charge is 0.0403 e. The third kappa shape index (κ3) is 4.19. The molecule has 0 bridgehead atoms. The standard InChI is InChI=1S/C34H32/c1-3-11-25(12-4-1)19-21-31-29-17-9-10-18-30(29)32(22-20-26-13-5-2-6-14-26)34-24-28-16-8-7-15-27(28)23-33(31)34/h7-10,15-18,23-26H,1-6,11-14H2. The van der Waals surface area contributed by atoms with Crippen LogP contribution in [0.5, 0.6) is 0 Å². The zero-order valence-electron chi connectivity index (χ0n) is 20.0. The lowest BCUT2D eigenvalue weighted by atomic mass is 9.87. The van der Waals surface area contributed by atoms with Gasteiger partial charge in [-0.05, 0) is 70.1 Å². The average Bonchev–Trinajstić information content (AvgIpc) is 2.91. The lowest BCUT2D eigenvalue weighted by molar-refractivity contribution is 0.430. The Balaban J connectivity index is 1.61. The molecule has 0 spiro atoms. The number of fused-ring (bicyclic) bond motifs is 3. The Morgan fingerprint density at radius 3 is 1.32 bits per heavy atom. The second-order valence-corrected chi connectivity index (χ2v) is 10.2. The fourth-order valence-corrected chi connectivity index (χ4v) is 5.97. The van der Waals surface area contributed by atoms with Gasteiger partial charge < -0.3 is 0 Å². The molecule has 0 nitrogen and oxygen atoms in total. The Morgan fingerprint density at radius 2 is 0.882 bits per heavy atom. The normalized spacial score (nSPS) is 17.3. The van der Waals surface area contributed by atoms with Crippen molar-refractivity contribution in [3.05, 3.63) is 71.8 Å². The summed E-state index contributed by atoms with van der Waals surface area (Å²) in [4.78, 5) is 0. The van der Waals surface area contributed by atoms with E-state index in [4.69, 9.17) is 0 Å². The maximum atomic E-state index is 3.70. The molecule has 2 aliphatic carbocycles. The Hall–Kier alpha value is -3.22. The highest BCUT2D eigenvalue weighted by atomic mass is 14.2. The van der Waals surface area contributed by atoms with Crippen molar-refractivity contribution in [3.8, 4) is 23.7 Å². The zero-order chi connectivity index (χ0) is 22.7. The van der Waals surface area contributed by atoms with Crippen LogP contribution in [0.25, 0.3) is 32.3 Å². The molecule has 0 heterocycles. The fraction of sp³-hybridized carbons (Fsp3) is 0.353. The summed E-state index contributed by atoms with van der Waals surface area (Å²) in [5.41, 5.74) is 2.37. The fourth-order valence-electron chi connectivity index (χ4n) is 5.97. The third-order valence-electron chi connectivity index (χ3n) is 7.90. The van der Waals surface area contributed by atoms with Gasteiger partial charge in [0, 0.05) is 23.0 Å². The molecule has 0 heteroatoms. The number of hydrogen-bond donors (Lipinski definition) is 0. The molecule has 4 aromatic rings. The largest absolute Gasteiger partial charge is 0.0944 e. The minimum atomic E-state index is 0.536. The zero-order valence-corrected chi connectivity index (χ0v) is 20.0. The Kier molecular flexibility index (Phi) is 6.00. The first-order chi connectivity index (χ1) is 16.9. The van der Waals surface area contributed by atoms with E-state index < -0.39 is 0 Å². The summed E-state index contributed by atoms with van der Waals surface area (Å²) in [6.45, 7) is 0. The molecule has 168 valence electrons. The van der Waals surface area contributed by atoms with Gasteiger partial charge in [-0.15, -0.1) is 0 Å². The highest BCUT2D eigenvalue weighted by Crippen LogP contribution is 2.35. The van der Waals surface area contributed by atoms with Crippen molar-refractivity contribution < 1.29 is 0 Å². The van der Waals surface area contributed by atoms with Crippen molar-refractivity contribution in [3.63, 3.8) is 0 Å². The molecule has 0 aromatic heterocycles. The predicted octanol–water partition coefficient (Wildman–Crippen LogP) is 9.01. The van der Waals surface area contributed by atoms with Crippen LogP contribution < -0.4 is 0 Å². The maximum absolute atomic E-state index is 3.70. The average molecular weight is 441 g/mol. The van der Waals surface area contributed by atoms with Crippen LogP contribution in [0.15, 0.2) is 60.7 Å². The van der Waals surface area contributed by atoms with Crippen LogP contribution in [0, 0.1) is 35.5 Å². The molecule has 0 atom stereocenters. The van der Waals surface area contributed by atoms with Gasteiger partial charge in [-0.2, -0.15) is 0 Å². The van der Waals surface area contributed by atoms with Gasteiger partial charge in [0.2, 0.25) is 0 Å². The van der Waals surface area contributed by atoms with Crippen molar-refractivity contribution in [2.75, 3.05) is 0 Å². The van der Waals surface area contributed by atoms with Crippen LogP contribution >= 0.6 is 0 Å². The predicted molar refractivity (Wildman–Crippen MR) is 146 cm³/mol. The first kappa shape index (κ1) is 21.3.